The van der Waals surface area contributed by atoms with Crippen molar-refractivity contribution in [2.75, 3.05) is 19.8 Å². The van der Waals surface area contributed by atoms with E-state index in [1.54, 1.807) is 0 Å². The van der Waals surface area contributed by atoms with Gasteiger partial charge in [0.1, 0.15) is 73.2 Å². The van der Waals surface area contributed by atoms with E-state index in [4.69, 9.17) is 23.7 Å². The maximum Gasteiger partial charge on any atom is 0.187 e. The van der Waals surface area contributed by atoms with Crippen molar-refractivity contribution in [3.8, 4) is 0 Å². The summed E-state index contributed by atoms with van der Waals surface area (Å²) in [4.78, 5) is 0. The second-order valence-electron chi connectivity index (χ2n) is 8.65. The van der Waals surface area contributed by atoms with E-state index in [-0.39, 0.29) is 0 Å². The molecule has 3 fully saturated rings. The van der Waals surface area contributed by atoms with Gasteiger partial charge in [-0.05, 0) is 6.92 Å². The van der Waals surface area contributed by atoms with Gasteiger partial charge in [0.25, 0.3) is 0 Å². The molecule has 0 bridgehead atoms. The van der Waals surface area contributed by atoms with Gasteiger partial charge in [0.15, 0.2) is 12.6 Å². The van der Waals surface area contributed by atoms with Crippen molar-refractivity contribution in [2.45, 2.75) is 98.9 Å². The topological polar surface area (TPSA) is 248 Å². The first-order valence-electron chi connectivity index (χ1n) is 10.9. The van der Waals surface area contributed by atoms with Gasteiger partial charge in [-0.3, -0.25) is 0 Å². The molecule has 15 atom stereocenters. The minimum atomic E-state index is -1.85. The van der Waals surface area contributed by atoms with Crippen LogP contribution in [0.5, 0.6) is 0 Å². The smallest absolute Gasteiger partial charge is 0.187 e. The Morgan fingerprint density at radius 1 is 0.500 bits per heavy atom. The van der Waals surface area contributed by atoms with Gasteiger partial charge in [-0.1, -0.05) is 0 Å². The lowest BCUT2D eigenvalue weighted by atomic mass is 9.94. The van der Waals surface area contributed by atoms with E-state index < -0.39 is 112 Å². The van der Waals surface area contributed by atoms with Crippen molar-refractivity contribution in [1.29, 1.82) is 0 Å². The lowest BCUT2D eigenvalue weighted by molar-refractivity contribution is -0.372. The van der Waals surface area contributed by atoms with Crippen molar-refractivity contribution in [3.63, 3.8) is 0 Å². The quantitative estimate of drug-likeness (QED) is 0.155. The Labute approximate surface area is 194 Å². The average Bonchev–Trinajstić information content (AvgIpc) is 2.83. The number of aliphatic hydroxyl groups excluding tert-OH is 10. The first kappa shape index (κ1) is 28.0. The Hall–Kier alpha value is -0.600. The van der Waals surface area contributed by atoms with Gasteiger partial charge in [0.05, 0.1) is 25.9 Å². The minimum absolute atomic E-state index is 0.601. The molecule has 3 rings (SSSR count). The zero-order valence-electron chi connectivity index (χ0n) is 18.3. The van der Waals surface area contributed by atoms with Crippen LogP contribution in [0.15, 0.2) is 0 Å². The van der Waals surface area contributed by atoms with Gasteiger partial charge >= 0.3 is 0 Å². The number of hydrogen-bond acceptors (Lipinski definition) is 15. The predicted octanol–water partition coefficient (Wildman–Crippen LogP) is -6.50. The fourth-order valence-electron chi connectivity index (χ4n) is 4.26. The van der Waals surface area contributed by atoms with E-state index >= 15 is 0 Å². The monoisotopic (exact) mass is 502 g/mol. The van der Waals surface area contributed by atoms with Crippen LogP contribution in [0.2, 0.25) is 0 Å². The first-order valence-corrected chi connectivity index (χ1v) is 10.9. The van der Waals surface area contributed by atoms with Gasteiger partial charge in [-0.25, -0.2) is 0 Å². The van der Waals surface area contributed by atoms with Crippen molar-refractivity contribution < 1.29 is 74.7 Å². The molecule has 0 radical (unpaired) electrons. The maximum atomic E-state index is 10.6. The highest BCUT2D eigenvalue weighted by Crippen LogP contribution is 2.32. The molecule has 3 aliphatic heterocycles. The Morgan fingerprint density at radius 2 is 0.912 bits per heavy atom. The molecular formula is C19H34O15. The molecule has 0 aromatic heterocycles. The molecule has 0 amide bonds. The van der Waals surface area contributed by atoms with Crippen molar-refractivity contribution in [1.82, 2.24) is 0 Å². The summed E-state index contributed by atoms with van der Waals surface area (Å²) in [6.45, 7) is -0.626. The molecule has 10 N–H and O–H groups in total. The van der Waals surface area contributed by atoms with E-state index in [0.717, 1.165) is 0 Å². The summed E-state index contributed by atoms with van der Waals surface area (Å²) < 4.78 is 27.1. The fraction of sp³-hybridized carbons (Fsp3) is 1.00. The number of rotatable bonds is 7. The molecule has 0 aromatic rings. The average molecular weight is 502 g/mol. The highest BCUT2D eigenvalue weighted by molar-refractivity contribution is 4.96. The van der Waals surface area contributed by atoms with Gasteiger partial charge in [-0.15, -0.1) is 0 Å². The van der Waals surface area contributed by atoms with Crippen molar-refractivity contribution in [3.05, 3.63) is 0 Å². The number of hydrogen-bond donors (Lipinski definition) is 10. The second kappa shape index (κ2) is 11.6. The third-order valence-corrected chi connectivity index (χ3v) is 6.35. The fourth-order valence-corrected chi connectivity index (χ4v) is 4.26. The zero-order valence-corrected chi connectivity index (χ0v) is 18.3. The standard InChI is InChI=1S/C19H34O15/c1-5-9(23)12(26)16(7(3-21)30-5)33-19-15(29)13(27)17(8(4-22)32-19)34-18-14(28)11(25)10(24)6(2-20)31-18/h5-29H,2-4H2,1H3. The van der Waals surface area contributed by atoms with Crippen LogP contribution in [0.4, 0.5) is 0 Å². The molecule has 3 heterocycles. The summed E-state index contributed by atoms with van der Waals surface area (Å²) in [6.07, 6.45) is -22.6. The van der Waals surface area contributed by atoms with E-state index in [9.17, 15) is 51.1 Å². The van der Waals surface area contributed by atoms with Crippen LogP contribution in [0.3, 0.4) is 0 Å². The lowest BCUT2D eigenvalue weighted by Crippen LogP contribution is -2.66. The van der Waals surface area contributed by atoms with E-state index in [0.29, 0.717) is 0 Å². The lowest BCUT2D eigenvalue weighted by Gasteiger charge is -2.48. The van der Waals surface area contributed by atoms with Gasteiger partial charge in [-0.2, -0.15) is 0 Å². The molecular weight excluding hydrogens is 468 g/mol. The molecule has 34 heavy (non-hydrogen) atoms. The third kappa shape index (κ3) is 5.39. The Bertz CT molecular complexity index is 635. The largest absolute Gasteiger partial charge is 0.394 e. The van der Waals surface area contributed by atoms with Crippen molar-refractivity contribution >= 4 is 0 Å². The molecule has 3 aliphatic rings. The summed E-state index contributed by atoms with van der Waals surface area (Å²) >= 11 is 0. The third-order valence-electron chi connectivity index (χ3n) is 6.35. The molecule has 3 saturated heterocycles. The summed E-state index contributed by atoms with van der Waals surface area (Å²) in [7, 11) is 0. The van der Waals surface area contributed by atoms with Gasteiger partial charge < -0.3 is 74.7 Å². The Kier molecular flexibility index (Phi) is 9.57. The summed E-state index contributed by atoms with van der Waals surface area (Å²) in [6, 6.07) is 0. The second-order valence-corrected chi connectivity index (χ2v) is 8.65. The van der Waals surface area contributed by atoms with Crippen LogP contribution < -0.4 is 0 Å². The maximum absolute atomic E-state index is 10.6. The first-order chi connectivity index (χ1) is 16.0. The van der Waals surface area contributed by atoms with E-state index in [1.807, 2.05) is 0 Å². The van der Waals surface area contributed by atoms with E-state index in [2.05, 4.69) is 0 Å². The van der Waals surface area contributed by atoms with Crippen LogP contribution in [0.25, 0.3) is 0 Å². The highest BCUT2D eigenvalue weighted by atomic mass is 16.7. The summed E-state index contributed by atoms with van der Waals surface area (Å²) in [5, 5.41) is 100. The molecule has 15 heteroatoms. The Morgan fingerprint density at radius 3 is 1.41 bits per heavy atom. The summed E-state index contributed by atoms with van der Waals surface area (Å²) in [5.41, 5.74) is 0. The number of aliphatic hydroxyl groups is 10. The predicted molar refractivity (Wildman–Crippen MR) is 105 cm³/mol. The van der Waals surface area contributed by atoms with Crippen molar-refractivity contribution in [2.24, 2.45) is 0 Å². The highest BCUT2D eigenvalue weighted by Gasteiger charge is 2.52. The van der Waals surface area contributed by atoms with Gasteiger partial charge in [0.2, 0.25) is 0 Å². The molecule has 0 aliphatic carbocycles. The number of ether oxygens (including phenoxy) is 5. The van der Waals surface area contributed by atoms with Crippen LogP contribution >= 0.6 is 0 Å². The molecule has 0 saturated carbocycles. The summed E-state index contributed by atoms with van der Waals surface area (Å²) in [5.74, 6) is 0. The molecule has 200 valence electrons. The van der Waals surface area contributed by atoms with Crippen LogP contribution in [-0.4, -0.2) is 163 Å². The minimum Gasteiger partial charge on any atom is -0.394 e. The van der Waals surface area contributed by atoms with Crippen LogP contribution in [0.1, 0.15) is 6.92 Å². The SMILES string of the molecule is CC1OC(CO)C(OC2OC(CO)C(OC3OC(CO)C(O)C(O)C3O)C(O)C2O)C(O)C1O. The molecule has 15 unspecified atom stereocenters. The molecule has 0 aromatic carbocycles. The van der Waals surface area contributed by atoms with Crippen LogP contribution in [0, 0.1) is 0 Å². The van der Waals surface area contributed by atoms with Gasteiger partial charge in [0, 0.05) is 0 Å². The van der Waals surface area contributed by atoms with Crippen LogP contribution in [-0.2, 0) is 23.7 Å². The van der Waals surface area contributed by atoms with E-state index in [1.165, 1.54) is 6.92 Å². The normalized spacial score (nSPS) is 52.5. The zero-order chi connectivity index (χ0) is 25.3. The Balaban J connectivity index is 1.72. The molecule has 0 spiro atoms. The molecule has 15 nitrogen and oxygen atoms in total.